The molecule has 0 aliphatic heterocycles. The fourth-order valence-electron chi connectivity index (χ4n) is 8.73. The number of hydrogen-bond acceptors (Lipinski definition) is 10. The molecule has 4 heterocycles. The molecule has 0 amide bonds. The standard InChI is InChI=1S/C28H29N5O3.C28H29N5O2S/c1-6-8-25-30-18(4)26-28(35)31-27(32-33(25)26)22-16-20(10-12-24(22)36-7-2)15-21(34)14-19-9-11-23(29-5)17(3)13-19;1-6-8-25-30-18(4)26-28(34)31-27(32-33(25)26)22-16-20(10-12-24(22)35-7-2)15-21(36)14-19-9-11-23(29-5)17(3)13-19/h9-13,16H,6-8,14-15H2,1-4H3,(H,31,32,35);9-13,16H,6-8,14-15H2,1-4H3,(H,31,32,34). The summed E-state index contributed by atoms with van der Waals surface area (Å²) in [4.78, 5) is 61.6. The molecule has 0 unspecified atom stereocenters. The summed E-state index contributed by atoms with van der Waals surface area (Å²) in [5.74, 6) is 3.58. The molecule has 2 N–H and O–H groups in total. The average molecular weight is 983 g/mol. The van der Waals surface area contributed by atoms with Crippen LogP contribution in [-0.4, -0.2) is 63.0 Å². The molecular formula is C56H58N10O5S. The van der Waals surface area contributed by atoms with E-state index < -0.39 is 0 Å². The lowest BCUT2D eigenvalue weighted by molar-refractivity contribution is -0.117. The van der Waals surface area contributed by atoms with Crippen LogP contribution in [0.4, 0.5) is 11.4 Å². The van der Waals surface area contributed by atoms with Gasteiger partial charge in [0.15, 0.2) is 34.1 Å². The number of carbonyl (C=O) groups is 1. The number of imidazole rings is 2. The van der Waals surface area contributed by atoms with Crippen molar-refractivity contribution in [2.24, 2.45) is 0 Å². The number of thiocarbonyl (C=S) groups is 1. The van der Waals surface area contributed by atoms with Crippen LogP contribution in [0.3, 0.4) is 0 Å². The molecule has 0 saturated carbocycles. The van der Waals surface area contributed by atoms with E-state index in [1.165, 1.54) is 0 Å². The summed E-state index contributed by atoms with van der Waals surface area (Å²) in [5.41, 5.74) is 9.89. The Hall–Kier alpha value is -8.08. The number of rotatable bonds is 18. The molecule has 8 aromatic rings. The molecule has 4 aromatic carbocycles. The first kappa shape index (κ1) is 51.8. The van der Waals surface area contributed by atoms with Crippen molar-refractivity contribution in [1.82, 2.24) is 39.2 Å². The molecule has 16 heteroatoms. The molecular weight excluding hydrogens is 925 g/mol. The lowest BCUT2D eigenvalue weighted by Gasteiger charge is -2.13. The Balaban J connectivity index is 0.000000211. The van der Waals surface area contributed by atoms with Crippen LogP contribution in [0, 0.1) is 40.8 Å². The molecule has 4 aromatic heterocycles. The van der Waals surface area contributed by atoms with Gasteiger partial charge in [-0.2, -0.15) is 0 Å². The van der Waals surface area contributed by atoms with Crippen LogP contribution in [0.5, 0.6) is 11.5 Å². The maximum absolute atomic E-state index is 13.0. The second kappa shape index (κ2) is 23.2. The predicted molar refractivity (Wildman–Crippen MR) is 285 cm³/mol. The lowest BCUT2D eigenvalue weighted by Crippen LogP contribution is -2.16. The molecule has 0 fully saturated rings. The molecule has 0 bridgehead atoms. The highest BCUT2D eigenvalue weighted by molar-refractivity contribution is 7.80. The first-order valence-electron chi connectivity index (χ1n) is 24.1. The number of fused-ring (bicyclic) bond motifs is 2. The molecule has 0 atom stereocenters. The van der Waals surface area contributed by atoms with E-state index in [0.29, 0.717) is 101 Å². The van der Waals surface area contributed by atoms with Crippen molar-refractivity contribution in [3.8, 4) is 34.3 Å². The second-order valence-corrected chi connectivity index (χ2v) is 18.2. The molecule has 0 aliphatic carbocycles. The first-order chi connectivity index (χ1) is 34.7. The summed E-state index contributed by atoms with van der Waals surface area (Å²) < 4.78 is 15.0. The summed E-state index contributed by atoms with van der Waals surface area (Å²) in [5, 5.41) is 9.48. The van der Waals surface area contributed by atoms with Gasteiger partial charge in [0.25, 0.3) is 11.1 Å². The van der Waals surface area contributed by atoms with Crippen molar-refractivity contribution < 1.29 is 14.3 Å². The smallest absolute Gasteiger partial charge is 0.277 e. The third kappa shape index (κ3) is 11.7. The Morgan fingerprint density at radius 1 is 0.597 bits per heavy atom. The number of hydrogen-bond donors (Lipinski definition) is 2. The zero-order valence-electron chi connectivity index (χ0n) is 42.0. The van der Waals surface area contributed by atoms with E-state index in [0.717, 1.165) is 69.2 Å². The van der Waals surface area contributed by atoms with Gasteiger partial charge in [-0.15, -0.1) is 10.2 Å². The summed E-state index contributed by atoms with van der Waals surface area (Å²) in [6, 6.07) is 22.7. The van der Waals surface area contributed by atoms with Crippen molar-refractivity contribution in [1.29, 1.82) is 0 Å². The monoisotopic (exact) mass is 982 g/mol. The van der Waals surface area contributed by atoms with Gasteiger partial charge in [-0.1, -0.05) is 74.6 Å². The number of Topliss-reactive ketones (excluding diaryl/α,β-unsaturated/α-hetero) is 1. The maximum atomic E-state index is 13.0. The molecule has 0 spiro atoms. The van der Waals surface area contributed by atoms with Crippen LogP contribution in [0.15, 0.2) is 82.4 Å². The number of aromatic nitrogens is 8. The third-order valence-electron chi connectivity index (χ3n) is 12.0. The highest BCUT2D eigenvalue weighted by atomic mass is 32.1. The molecule has 72 heavy (non-hydrogen) atoms. The topological polar surface area (TPSA) is 170 Å². The summed E-state index contributed by atoms with van der Waals surface area (Å²) in [6.45, 7) is 30.7. The van der Waals surface area contributed by atoms with E-state index in [1.54, 1.807) is 22.0 Å². The SMILES string of the molecule is [C-]#[N+]c1ccc(CC(=O)Cc2ccc(OCC)c(-c3nn4c(CCC)nc(C)c4c(=O)[nH]3)c2)cc1C.[C-]#[N+]c1ccc(CC(=S)Cc2ccc(OCC)c(-c3nn4c(CCC)nc(C)c4c(=O)[nH]3)c2)cc1C. The van der Waals surface area contributed by atoms with Crippen molar-refractivity contribution in [3.05, 3.63) is 173 Å². The normalized spacial score (nSPS) is 11.0. The zero-order chi connectivity index (χ0) is 51.6. The van der Waals surface area contributed by atoms with Crippen LogP contribution in [0.2, 0.25) is 0 Å². The van der Waals surface area contributed by atoms with Crippen LogP contribution < -0.4 is 20.6 Å². The number of benzene rings is 4. The molecule has 15 nitrogen and oxygen atoms in total. The van der Waals surface area contributed by atoms with Crippen LogP contribution in [0.25, 0.3) is 43.5 Å². The second-order valence-electron chi connectivity index (χ2n) is 17.6. The molecule has 0 saturated heterocycles. The number of carbonyl (C=O) groups excluding carboxylic acids is 1. The minimum absolute atomic E-state index is 0.0486. The van der Waals surface area contributed by atoms with Crippen molar-refractivity contribution in [2.75, 3.05) is 13.2 Å². The minimum atomic E-state index is -0.269. The highest BCUT2D eigenvalue weighted by Crippen LogP contribution is 2.31. The number of ether oxygens (including phenoxy) is 2. The van der Waals surface area contributed by atoms with E-state index in [9.17, 15) is 14.4 Å². The number of nitrogens with zero attached hydrogens (tertiary/aromatic N) is 8. The van der Waals surface area contributed by atoms with E-state index in [-0.39, 0.29) is 29.7 Å². The van der Waals surface area contributed by atoms with Gasteiger partial charge in [-0.3, -0.25) is 14.4 Å². The first-order valence-corrected chi connectivity index (χ1v) is 24.6. The van der Waals surface area contributed by atoms with Crippen molar-refractivity contribution >= 4 is 45.3 Å². The Kier molecular flexibility index (Phi) is 16.7. The lowest BCUT2D eigenvalue weighted by atomic mass is 9.99. The largest absolute Gasteiger partial charge is 0.493 e. The molecule has 368 valence electrons. The quantitative estimate of drug-likeness (QED) is 0.0623. The molecule has 0 radical (unpaired) electrons. The summed E-state index contributed by atoms with van der Waals surface area (Å²) >= 11 is 5.72. The van der Waals surface area contributed by atoms with Gasteiger partial charge < -0.3 is 19.4 Å². The van der Waals surface area contributed by atoms with E-state index in [4.69, 9.17) is 45.0 Å². The van der Waals surface area contributed by atoms with Gasteiger partial charge in [0.2, 0.25) is 0 Å². The Morgan fingerprint density at radius 3 is 1.38 bits per heavy atom. The fraction of sp³-hybridized carbons (Fsp3) is 0.321. The van der Waals surface area contributed by atoms with E-state index >= 15 is 0 Å². The number of nitrogens with one attached hydrogen (secondary N) is 2. The predicted octanol–water partition coefficient (Wildman–Crippen LogP) is 10.7. The summed E-state index contributed by atoms with van der Waals surface area (Å²) in [7, 11) is 0. The van der Waals surface area contributed by atoms with Crippen molar-refractivity contribution in [3.63, 3.8) is 0 Å². The highest BCUT2D eigenvalue weighted by Gasteiger charge is 2.20. The minimum Gasteiger partial charge on any atom is -0.493 e. The van der Waals surface area contributed by atoms with Gasteiger partial charge in [0, 0.05) is 43.4 Å². The number of H-pyrrole nitrogens is 2. The van der Waals surface area contributed by atoms with Crippen molar-refractivity contribution in [2.45, 2.75) is 107 Å². The van der Waals surface area contributed by atoms with E-state index in [2.05, 4.69) is 43.5 Å². The van der Waals surface area contributed by atoms with Gasteiger partial charge >= 0.3 is 0 Å². The fourth-order valence-corrected chi connectivity index (χ4v) is 9.07. The van der Waals surface area contributed by atoms with Crippen LogP contribution in [-0.2, 0) is 43.3 Å². The number of aromatic amines is 2. The van der Waals surface area contributed by atoms with Gasteiger partial charge in [0.1, 0.15) is 28.9 Å². The molecule has 0 aliphatic rings. The Morgan fingerprint density at radius 2 is 0.986 bits per heavy atom. The van der Waals surface area contributed by atoms with Crippen LogP contribution >= 0.6 is 12.2 Å². The van der Waals surface area contributed by atoms with Crippen LogP contribution in [0.1, 0.15) is 97.0 Å². The zero-order valence-corrected chi connectivity index (χ0v) is 42.8. The average Bonchev–Trinajstić information content (AvgIpc) is 3.84. The van der Waals surface area contributed by atoms with Gasteiger partial charge in [0.05, 0.1) is 48.9 Å². The van der Waals surface area contributed by atoms with Gasteiger partial charge in [-0.05, 0) is 112 Å². The Labute approximate surface area is 424 Å². The number of aryl methyl sites for hydroxylation is 6. The van der Waals surface area contributed by atoms with Gasteiger partial charge in [-0.25, -0.2) is 28.7 Å². The Bertz CT molecular complexity index is 3320. The maximum Gasteiger partial charge on any atom is 0.277 e. The third-order valence-corrected chi connectivity index (χ3v) is 12.3. The molecule has 8 rings (SSSR count). The number of ketones is 1. The summed E-state index contributed by atoms with van der Waals surface area (Å²) in [6.07, 6.45) is 4.95. The van der Waals surface area contributed by atoms with E-state index in [1.807, 2.05) is 101 Å².